The van der Waals surface area contributed by atoms with Gasteiger partial charge in [-0.1, -0.05) is 17.7 Å². The third-order valence-electron chi connectivity index (χ3n) is 4.94. The van der Waals surface area contributed by atoms with Crippen LogP contribution in [-0.4, -0.2) is 53.3 Å². The number of nitrogens with zero attached hydrogens (tertiary/aromatic N) is 4. The zero-order valence-corrected chi connectivity index (χ0v) is 19.2. The van der Waals surface area contributed by atoms with E-state index in [-0.39, 0.29) is 31.4 Å². The molecule has 0 aliphatic carbocycles. The van der Waals surface area contributed by atoms with E-state index in [1.807, 2.05) is 37.3 Å². The number of carbonyl (C=O) groups is 2. The molecule has 1 N–H and O–H groups in total. The predicted octanol–water partition coefficient (Wildman–Crippen LogP) is 3.01. The number of carbonyl (C=O) groups excluding carboxylic acids is 2. The molecule has 0 aliphatic heterocycles. The summed E-state index contributed by atoms with van der Waals surface area (Å²) >= 11 is 0. The van der Waals surface area contributed by atoms with E-state index in [0.717, 1.165) is 11.3 Å². The maximum Gasteiger partial charge on any atom is 0.244 e. The molecule has 176 valence electrons. The molecule has 0 spiro atoms. The minimum Gasteiger partial charge on any atom is -0.493 e. The number of hydrogen-bond donors (Lipinski definition) is 1. The molecule has 0 atom stereocenters. The van der Waals surface area contributed by atoms with Gasteiger partial charge in [-0.3, -0.25) is 14.3 Å². The summed E-state index contributed by atoms with van der Waals surface area (Å²) in [5.41, 5.74) is 2.20. The molecule has 0 unspecified atom stereocenters. The van der Waals surface area contributed by atoms with Gasteiger partial charge < -0.3 is 19.7 Å². The second kappa shape index (κ2) is 12.1. The molecule has 34 heavy (non-hydrogen) atoms. The van der Waals surface area contributed by atoms with Crippen molar-refractivity contribution in [3.63, 3.8) is 0 Å². The fourth-order valence-electron chi connectivity index (χ4n) is 2.94. The highest BCUT2D eigenvalue weighted by atomic mass is 16.5. The van der Waals surface area contributed by atoms with Gasteiger partial charge >= 0.3 is 0 Å². The van der Waals surface area contributed by atoms with Crippen molar-refractivity contribution in [2.75, 3.05) is 32.1 Å². The first-order valence-electron chi connectivity index (χ1n) is 10.8. The molecule has 0 saturated carbocycles. The Kier molecular flexibility index (Phi) is 8.63. The number of aromatic nitrogens is 2. The first-order valence-corrected chi connectivity index (χ1v) is 10.8. The lowest BCUT2D eigenvalue weighted by Gasteiger charge is -2.17. The fourth-order valence-corrected chi connectivity index (χ4v) is 2.94. The number of amides is 2. The highest BCUT2D eigenvalue weighted by Crippen LogP contribution is 2.13. The smallest absolute Gasteiger partial charge is 0.244 e. The van der Waals surface area contributed by atoms with Gasteiger partial charge in [-0.25, -0.2) is 0 Å². The molecule has 0 radical (unpaired) electrons. The normalized spacial score (nSPS) is 10.3. The van der Waals surface area contributed by atoms with E-state index in [9.17, 15) is 9.59 Å². The SMILES string of the molecule is Cc1ccc(OCCN(C)C(=O)Cn2cc(NC(=O)CCOc3ccc(C#N)cc3)cn2)cc1. The number of nitrogens with one attached hydrogen (secondary N) is 1. The van der Waals surface area contributed by atoms with Crippen LogP contribution in [0.15, 0.2) is 60.9 Å². The van der Waals surface area contributed by atoms with Crippen LogP contribution in [0.1, 0.15) is 17.5 Å². The van der Waals surface area contributed by atoms with Crippen LogP contribution < -0.4 is 14.8 Å². The predicted molar refractivity (Wildman–Crippen MR) is 126 cm³/mol. The number of anilines is 1. The molecule has 1 aromatic heterocycles. The molecule has 0 aliphatic rings. The molecule has 9 heteroatoms. The molecule has 2 aromatic carbocycles. The highest BCUT2D eigenvalue weighted by molar-refractivity contribution is 5.90. The number of ether oxygens (including phenoxy) is 2. The Balaban J connectivity index is 1.36. The maximum absolute atomic E-state index is 12.4. The summed E-state index contributed by atoms with van der Waals surface area (Å²) in [4.78, 5) is 26.1. The Morgan fingerprint density at radius 2 is 1.71 bits per heavy atom. The second-order valence-electron chi connectivity index (χ2n) is 7.69. The highest BCUT2D eigenvalue weighted by Gasteiger charge is 2.12. The molecule has 0 bridgehead atoms. The van der Waals surface area contributed by atoms with Gasteiger partial charge in [0.25, 0.3) is 0 Å². The summed E-state index contributed by atoms with van der Waals surface area (Å²) in [5.74, 6) is 1.00. The van der Waals surface area contributed by atoms with E-state index in [0.29, 0.717) is 30.2 Å². The largest absolute Gasteiger partial charge is 0.493 e. The summed E-state index contributed by atoms with van der Waals surface area (Å²) in [5, 5.41) is 15.7. The first kappa shape index (κ1) is 24.3. The lowest BCUT2D eigenvalue weighted by Crippen LogP contribution is -2.33. The second-order valence-corrected chi connectivity index (χ2v) is 7.69. The maximum atomic E-state index is 12.4. The van der Waals surface area contributed by atoms with Crippen LogP contribution >= 0.6 is 0 Å². The zero-order chi connectivity index (χ0) is 24.3. The topological polar surface area (TPSA) is 109 Å². The summed E-state index contributed by atoms with van der Waals surface area (Å²) in [7, 11) is 1.71. The zero-order valence-electron chi connectivity index (χ0n) is 19.2. The number of benzene rings is 2. The standard InChI is InChI=1S/C25H27N5O4/c1-19-3-7-22(8-4-19)34-14-12-29(2)25(32)18-30-17-21(16-27-30)28-24(31)11-13-33-23-9-5-20(15-26)6-10-23/h3-10,16-17H,11-14,18H2,1-2H3,(H,28,31). The molecule has 3 aromatic rings. The minimum atomic E-state index is -0.232. The Morgan fingerprint density at radius 1 is 1.06 bits per heavy atom. The van der Waals surface area contributed by atoms with Gasteiger partial charge in [0.05, 0.1) is 43.1 Å². The van der Waals surface area contributed by atoms with Crippen LogP contribution in [0.4, 0.5) is 5.69 Å². The van der Waals surface area contributed by atoms with Gasteiger partial charge in [0.15, 0.2) is 0 Å². The minimum absolute atomic E-state index is 0.0543. The quantitative estimate of drug-likeness (QED) is 0.470. The van der Waals surface area contributed by atoms with Crippen molar-refractivity contribution in [3.05, 3.63) is 72.1 Å². The summed E-state index contributed by atoms with van der Waals surface area (Å²) < 4.78 is 12.7. The van der Waals surface area contributed by atoms with Crippen molar-refractivity contribution >= 4 is 17.5 Å². The molecule has 0 fully saturated rings. The Labute approximate surface area is 198 Å². The molecule has 9 nitrogen and oxygen atoms in total. The molecule has 2 amide bonds. The summed E-state index contributed by atoms with van der Waals surface area (Å²) in [6, 6.07) is 16.5. The Hall–Kier alpha value is -4.32. The third-order valence-corrected chi connectivity index (χ3v) is 4.94. The number of aryl methyl sites for hydroxylation is 1. The van der Waals surface area contributed by atoms with Crippen molar-refractivity contribution in [2.45, 2.75) is 19.9 Å². The number of nitriles is 1. The molecule has 3 rings (SSSR count). The average Bonchev–Trinajstić information content (AvgIpc) is 3.27. The Bertz CT molecular complexity index is 1130. The van der Waals surface area contributed by atoms with Gasteiger partial charge in [0, 0.05) is 13.2 Å². The van der Waals surface area contributed by atoms with E-state index >= 15 is 0 Å². The van der Waals surface area contributed by atoms with Crippen LogP contribution in [0.3, 0.4) is 0 Å². The van der Waals surface area contributed by atoms with Crippen molar-refractivity contribution in [1.82, 2.24) is 14.7 Å². The van der Waals surface area contributed by atoms with Gasteiger partial charge in [-0.15, -0.1) is 0 Å². The monoisotopic (exact) mass is 461 g/mol. The number of rotatable bonds is 11. The molecular weight excluding hydrogens is 434 g/mol. The van der Waals surface area contributed by atoms with Crippen LogP contribution in [-0.2, 0) is 16.1 Å². The van der Waals surface area contributed by atoms with E-state index in [1.54, 1.807) is 42.4 Å². The average molecular weight is 462 g/mol. The van der Waals surface area contributed by atoms with Gasteiger partial charge in [-0.05, 0) is 43.3 Å². The molecular formula is C25H27N5O4. The van der Waals surface area contributed by atoms with E-state index in [4.69, 9.17) is 14.7 Å². The van der Waals surface area contributed by atoms with E-state index < -0.39 is 0 Å². The number of likely N-dealkylation sites (N-methyl/N-ethyl adjacent to an activating group) is 1. The summed E-state index contributed by atoms with van der Waals surface area (Å²) in [6.07, 6.45) is 3.24. The lowest BCUT2D eigenvalue weighted by molar-refractivity contribution is -0.131. The van der Waals surface area contributed by atoms with Gasteiger partial charge in [0.1, 0.15) is 24.7 Å². The fraction of sp³-hybridized carbons (Fsp3) is 0.280. The van der Waals surface area contributed by atoms with Crippen molar-refractivity contribution < 1.29 is 19.1 Å². The van der Waals surface area contributed by atoms with Crippen LogP contribution in [0, 0.1) is 18.3 Å². The van der Waals surface area contributed by atoms with Crippen LogP contribution in [0.2, 0.25) is 0 Å². The van der Waals surface area contributed by atoms with Crippen LogP contribution in [0.25, 0.3) is 0 Å². The summed E-state index contributed by atoms with van der Waals surface area (Å²) in [6.45, 7) is 3.09. The van der Waals surface area contributed by atoms with E-state index in [1.165, 1.54) is 10.9 Å². The molecule has 0 saturated heterocycles. The van der Waals surface area contributed by atoms with Gasteiger partial charge in [-0.2, -0.15) is 10.4 Å². The van der Waals surface area contributed by atoms with Crippen LogP contribution in [0.5, 0.6) is 11.5 Å². The molecule has 1 heterocycles. The Morgan fingerprint density at radius 3 is 2.38 bits per heavy atom. The number of hydrogen-bond acceptors (Lipinski definition) is 6. The van der Waals surface area contributed by atoms with Crippen molar-refractivity contribution in [3.8, 4) is 17.6 Å². The van der Waals surface area contributed by atoms with E-state index in [2.05, 4.69) is 10.4 Å². The van der Waals surface area contributed by atoms with Crippen molar-refractivity contribution in [2.24, 2.45) is 0 Å². The van der Waals surface area contributed by atoms with Gasteiger partial charge in [0.2, 0.25) is 11.8 Å². The lowest BCUT2D eigenvalue weighted by atomic mass is 10.2. The van der Waals surface area contributed by atoms with Crippen molar-refractivity contribution in [1.29, 1.82) is 5.26 Å². The first-order chi connectivity index (χ1) is 16.4. The third kappa shape index (κ3) is 7.67.